The summed E-state index contributed by atoms with van der Waals surface area (Å²) in [6, 6.07) is 0.848. The van der Waals surface area contributed by atoms with E-state index in [0.717, 1.165) is 0 Å². The predicted octanol–water partition coefficient (Wildman–Crippen LogP) is 1.95. The Kier molecular flexibility index (Phi) is 5.40. The minimum atomic E-state index is -0.116. The van der Waals surface area contributed by atoms with Crippen LogP contribution in [0.4, 0.5) is 0 Å². The first-order valence-corrected chi connectivity index (χ1v) is 6.62. The van der Waals surface area contributed by atoms with Gasteiger partial charge in [-0.25, -0.2) is 5.48 Å². The van der Waals surface area contributed by atoms with Gasteiger partial charge in [0.05, 0.1) is 12.6 Å². The summed E-state index contributed by atoms with van der Waals surface area (Å²) in [5, 5.41) is 0. The molecule has 17 heavy (non-hydrogen) atoms. The maximum atomic E-state index is 11.9. The number of carbonyl (C=O) groups is 1. The van der Waals surface area contributed by atoms with Crippen molar-refractivity contribution in [2.45, 2.75) is 65.6 Å². The van der Waals surface area contributed by atoms with Crippen molar-refractivity contribution in [2.75, 3.05) is 6.61 Å². The first-order valence-electron chi connectivity index (χ1n) is 6.62. The van der Waals surface area contributed by atoms with E-state index in [-0.39, 0.29) is 11.9 Å². The summed E-state index contributed by atoms with van der Waals surface area (Å²) in [6.45, 7) is 11.0. The lowest BCUT2D eigenvalue weighted by molar-refractivity contribution is -0.140. The molecule has 100 valence electrons. The van der Waals surface area contributed by atoms with E-state index in [1.54, 1.807) is 0 Å². The monoisotopic (exact) mass is 242 g/mol. The smallest absolute Gasteiger partial charge is 0.260 e. The number of hydroxylamine groups is 1. The molecule has 1 rings (SSSR count). The number of nitrogens with one attached hydrogen (secondary N) is 1. The molecule has 1 heterocycles. The van der Waals surface area contributed by atoms with Gasteiger partial charge >= 0.3 is 0 Å². The Morgan fingerprint density at radius 2 is 1.82 bits per heavy atom. The number of amides is 1. The van der Waals surface area contributed by atoms with Crippen molar-refractivity contribution in [3.63, 3.8) is 0 Å². The largest absolute Gasteiger partial charge is 0.287 e. The van der Waals surface area contributed by atoms with Crippen LogP contribution in [0.2, 0.25) is 0 Å². The van der Waals surface area contributed by atoms with Gasteiger partial charge in [0, 0.05) is 12.1 Å². The van der Waals surface area contributed by atoms with Gasteiger partial charge in [-0.15, -0.1) is 0 Å². The second-order valence-electron chi connectivity index (χ2n) is 5.57. The van der Waals surface area contributed by atoms with Crippen LogP contribution in [0.5, 0.6) is 0 Å². The highest BCUT2D eigenvalue weighted by Gasteiger charge is 2.34. The molecule has 3 unspecified atom stereocenters. The second kappa shape index (κ2) is 6.36. The van der Waals surface area contributed by atoms with Crippen LogP contribution in [-0.2, 0) is 9.63 Å². The number of likely N-dealkylation sites (tertiary alicyclic amines) is 1. The molecule has 1 fully saturated rings. The third-order valence-corrected chi connectivity index (χ3v) is 3.44. The molecule has 3 atom stereocenters. The Labute approximate surface area is 105 Å². The normalized spacial score (nSPS) is 27.4. The van der Waals surface area contributed by atoms with E-state index >= 15 is 0 Å². The fraction of sp³-hybridized carbons (Fsp3) is 0.923. The molecule has 1 amide bonds. The van der Waals surface area contributed by atoms with E-state index in [0.29, 0.717) is 24.6 Å². The van der Waals surface area contributed by atoms with E-state index in [1.165, 1.54) is 12.8 Å². The molecule has 0 bridgehead atoms. The minimum Gasteiger partial charge on any atom is -0.287 e. The van der Waals surface area contributed by atoms with Gasteiger partial charge in [-0.1, -0.05) is 13.8 Å². The van der Waals surface area contributed by atoms with E-state index < -0.39 is 0 Å². The number of rotatable bonds is 5. The maximum absolute atomic E-state index is 11.9. The van der Waals surface area contributed by atoms with Crippen LogP contribution in [0.1, 0.15) is 47.5 Å². The predicted molar refractivity (Wildman–Crippen MR) is 68.4 cm³/mol. The first kappa shape index (κ1) is 14.5. The lowest BCUT2D eigenvalue weighted by atomic mass is 10.2. The van der Waals surface area contributed by atoms with Crippen LogP contribution in [0.15, 0.2) is 0 Å². The molecule has 0 aromatic carbocycles. The Balaban J connectivity index is 2.40. The van der Waals surface area contributed by atoms with Gasteiger partial charge in [0.2, 0.25) is 0 Å². The van der Waals surface area contributed by atoms with Gasteiger partial charge in [0.15, 0.2) is 0 Å². The highest BCUT2D eigenvalue weighted by Crippen LogP contribution is 2.25. The zero-order valence-corrected chi connectivity index (χ0v) is 11.7. The van der Waals surface area contributed by atoms with Crippen LogP contribution in [0, 0.1) is 5.92 Å². The van der Waals surface area contributed by atoms with E-state index in [2.05, 4.69) is 38.1 Å². The molecular weight excluding hydrogens is 216 g/mol. The maximum Gasteiger partial charge on any atom is 0.260 e. The fourth-order valence-corrected chi connectivity index (χ4v) is 2.48. The van der Waals surface area contributed by atoms with Crippen molar-refractivity contribution in [1.29, 1.82) is 0 Å². The number of hydrogen-bond donors (Lipinski definition) is 1. The van der Waals surface area contributed by atoms with E-state index in [1.807, 2.05) is 6.92 Å². The van der Waals surface area contributed by atoms with Crippen LogP contribution in [0.25, 0.3) is 0 Å². The summed E-state index contributed by atoms with van der Waals surface area (Å²) >= 11 is 0. The van der Waals surface area contributed by atoms with Crippen molar-refractivity contribution in [1.82, 2.24) is 10.4 Å². The molecule has 0 aromatic rings. The second-order valence-corrected chi connectivity index (χ2v) is 5.57. The summed E-state index contributed by atoms with van der Waals surface area (Å²) in [4.78, 5) is 19.4. The molecule has 4 heteroatoms. The summed E-state index contributed by atoms with van der Waals surface area (Å²) in [7, 11) is 0. The van der Waals surface area contributed by atoms with Gasteiger partial charge in [-0.3, -0.25) is 14.5 Å². The Morgan fingerprint density at radius 1 is 1.29 bits per heavy atom. The SMILES string of the molecule is CC(C)CONC(=O)C(C)N1C(C)CCC1C. The molecular formula is C13H26N2O2. The van der Waals surface area contributed by atoms with Gasteiger partial charge in [-0.2, -0.15) is 0 Å². The summed E-state index contributed by atoms with van der Waals surface area (Å²) in [5.74, 6) is 0.390. The molecule has 0 aliphatic carbocycles. The standard InChI is InChI=1S/C13H26N2O2/c1-9(2)8-17-14-13(16)12(5)15-10(3)6-7-11(15)4/h9-12H,6-8H2,1-5H3,(H,14,16). The number of carbonyl (C=O) groups excluding carboxylic acids is 1. The summed E-state index contributed by atoms with van der Waals surface area (Å²) < 4.78 is 0. The van der Waals surface area contributed by atoms with Crippen molar-refractivity contribution >= 4 is 5.91 Å². The molecule has 0 radical (unpaired) electrons. The third kappa shape index (κ3) is 3.96. The lowest BCUT2D eigenvalue weighted by Crippen LogP contribution is -2.49. The first-order chi connectivity index (χ1) is 7.93. The Bertz CT molecular complexity index is 246. The lowest BCUT2D eigenvalue weighted by Gasteiger charge is -2.31. The zero-order valence-electron chi connectivity index (χ0n) is 11.7. The minimum absolute atomic E-state index is 0.0359. The Morgan fingerprint density at radius 3 is 2.29 bits per heavy atom. The highest BCUT2D eigenvalue weighted by molar-refractivity contribution is 5.80. The fourth-order valence-electron chi connectivity index (χ4n) is 2.48. The third-order valence-electron chi connectivity index (χ3n) is 3.44. The van der Waals surface area contributed by atoms with Gasteiger partial charge < -0.3 is 0 Å². The summed E-state index contributed by atoms with van der Waals surface area (Å²) in [5.41, 5.74) is 2.55. The van der Waals surface area contributed by atoms with Crippen LogP contribution < -0.4 is 5.48 Å². The molecule has 4 nitrogen and oxygen atoms in total. The van der Waals surface area contributed by atoms with Gasteiger partial charge in [-0.05, 0) is 39.5 Å². The molecule has 0 spiro atoms. The van der Waals surface area contributed by atoms with Crippen molar-refractivity contribution in [3.05, 3.63) is 0 Å². The molecule has 1 aliphatic heterocycles. The van der Waals surface area contributed by atoms with Gasteiger partial charge in [0.1, 0.15) is 0 Å². The number of hydrogen-bond acceptors (Lipinski definition) is 3. The van der Waals surface area contributed by atoms with Crippen LogP contribution in [0.3, 0.4) is 0 Å². The van der Waals surface area contributed by atoms with Crippen molar-refractivity contribution < 1.29 is 9.63 Å². The average Bonchev–Trinajstić information content (AvgIpc) is 2.57. The molecule has 1 aliphatic rings. The van der Waals surface area contributed by atoms with Crippen LogP contribution >= 0.6 is 0 Å². The zero-order chi connectivity index (χ0) is 13.0. The number of nitrogens with zero attached hydrogens (tertiary/aromatic N) is 1. The van der Waals surface area contributed by atoms with Crippen molar-refractivity contribution in [2.24, 2.45) is 5.92 Å². The Hall–Kier alpha value is -0.610. The van der Waals surface area contributed by atoms with Crippen LogP contribution in [-0.4, -0.2) is 35.5 Å². The van der Waals surface area contributed by atoms with Gasteiger partial charge in [0.25, 0.3) is 5.91 Å². The molecule has 0 aromatic heterocycles. The molecule has 1 saturated heterocycles. The molecule has 0 saturated carbocycles. The highest BCUT2D eigenvalue weighted by atomic mass is 16.7. The van der Waals surface area contributed by atoms with E-state index in [9.17, 15) is 4.79 Å². The average molecular weight is 242 g/mol. The topological polar surface area (TPSA) is 41.6 Å². The van der Waals surface area contributed by atoms with E-state index in [4.69, 9.17) is 4.84 Å². The van der Waals surface area contributed by atoms with Crippen molar-refractivity contribution in [3.8, 4) is 0 Å². The summed E-state index contributed by atoms with van der Waals surface area (Å²) in [6.07, 6.45) is 2.34. The molecule has 1 N–H and O–H groups in total. The quantitative estimate of drug-likeness (QED) is 0.749.